The van der Waals surface area contributed by atoms with E-state index in [4.69, 9.17) is 5.73 Å². The standard InChI is InChI=1S/C15H23N3O/c1-12-6-7-13(10-14(12)16)17-15(19)11-18-8-4-2-3-5-9-18/h6-7,10H,2-5,8-9,11,16H2,1H3,(H,17,19). The lowest BCUT2D eigenvalue weighted by Gasteiger charge is -2.19. The number of nitrogens with zero attached hydrogens (tertiary/aromatic N) is 1. The Bertz CT molecular complexity index is 437. The van der Waals surface area contributed by atoms with E-state index in [1.165, 1.54) is 25.7 Å². The highest BCUT2D eigenvalue weighted by molar-refractivity contribution is 5.92. The Hall–Kier alpha value is -1.55. The first-order valence-electron chi connectivity index (χ1n) is 7.03. The molecule has 1 amide bonds. The van der Waals surface area contributed by atoms with Crippen molar-refractivity contribution in [1.82, 2.24) is 4.90 Å². The highest BCUT2D eigenvalue weighted by atomic mass is 16.2. The number of likely N-dealkylation sites (tertiary alicyclic amines) is 1. The van der Waals surface area contributed by atoms with Crippen LogP contribution in [0.25, 0.3) is 0 Å². The second-order valence-corrected chi connectivity index (χ2v) is 5.31. The number of rotatable bonds is 3. The maximum atomic E-state index is 12.0. The lowest BCUT2D eigenvalue weighted by atomic mass is 10.2. The number of amides is 1. The van der Waals surface area contributed by atoms with Gasteiger partial charge in [-0.15, -0.1) is 0 Å². The van der Waals surface area contributed by atoms with Gasteiger partial charge in [0.1, 0.15) is 0 Å². The Labute approximate surface area is 115 Å². The van der Waals surface area contributed by atoms with Crippen LogP contribution in [-0.4, -0.2) is 30.4 Å². The Morgan fingerprint density at radius 2 is 1.95 bits per heavy atom. The third-order valence-corrected chi connectivity index (χ3v) is 3.63. The summed E-state index contributed by atoms with van der Waals surface area (Å²) >= 11 is 0. The first-order chi connectivity index (χ1) is 9.15. The zero-order valence-electron chi connectivity index (χ0n) is 11.6. The van der Waals surface area contributed by atoms with Crippen molar-refractivity contribution in [1.29, 1.82) is 0 Å². The van der Waals surface area contributed by atoms with Gasteiger partial charge in [-0.3, -0.25) is 9.69 Å². The minimum Gasteiger partial charge on any atom is -0.398 e. The summed E-state index contributed by atoms with van der Waals surface area (Å²) in [4.78, 5) is 14.2. The number of nitrogens with one attached hydrogen (secondary N) is 1. The molecule has 4 nitrogen and oxygen atoms in total. The van der Waals surface area contributed by atoms with Crippen molar-refractivity contribution in [3.8, 4) is 0 Å². The van der Waals surface area contributed by atoms with Crippen LogP contribution in [0.5, 0.6) is 0 Å². The van der Waals surface area contributed by atoms with Crippen LogP contribution in [0.1, 0.15) is 31.2 Å². The zero-order valence-corrected chi connectivity index (χ0v) is 11.6. The summed E-state index contributed by atoms with van der Waals surface area (Å²) in [5.74, 6) is 0.0464. The number of aryl methyl sites for hydroxylation is 1. The first kappa shape index (κ1) is 13.9. The fourth-order valence-corrected chi connectivity index (χ4v) is 2.42. The van der Waals surface area contributed by atoms with Gasteiger partial charge in [-0.25, -0.2) is 0 Å². The maximum Gasteiger partial charge on any atom is 0.238 e. The average molecular weight is 261 g/mol. The molecule has 0 saturated carbocycles. The molecular formula is C15H23N3O. The van der Waals surface area contributed by atoms with Crippen LogP contribution >= 0.6 is 0 Å². The van der Waals surface area contributed by atoms with Gasteiger partial charge in [0.25, 0.3) is 0 Å². The minimum absolute atomic E-state index is 0.0464. The molecule has 2 rings (SSSR count). The van der Waals surface area contributed by atoms with Gasteiger partial charge in [0.15, 0.2) is 0 Å². The van der Waals surface area contributed by atoms with Crippen molar-refractivity contribution in [2.75, 3.05) is 30.7 Å². The SMILES string of the molecule is Cc1ccc(NC(=O)CN2CCCCCC2)cc1N. The summed E-state index contributed by atoms with van der Waals surface area (Å²) in [6.45, 7) is 4.50. The smallest absolute Gasteiger partial charge is 0.238 e. The van der Waals surface area contributed by atoms with Gasteiger partial charge in [-0.05, 0) is 50.6 Å². The van der Waals surface area contributed by atoms with Crippen molar-refractivity contribution in [2.45, 2.75) is 32.6 Å². The molecule has 1 heterocycles. The van der Waals surface area contributed by atoms with Crippen LogP contribution in [0.4, 0.5) is 11.4 Å². The minimum atomic E-state index is 0.0464. The predicted molar refractivity (Wildman–Crippen MR) is 79.1 cm³/mol. The molecule has 19 heavy (non-hydrogen) atoms. The van der Waals surface area contributed by atoms with Crippen LogP contribution < -0.4 is 11.1 Å². The summed E-state index contributed by atoms with van der Waals surface area (Å²) in [5.41, 5.74) is 8.37. The number of hydrogen-bond acceptors (Lipinski definition) is 3. The van der Waals surface area contributed by atoms with Gasteiger partial charge in [-0.2, -0.15) is 0 Å². The van der Waals surface area contributed by atoms with Crippen LogP contribution in [-0.2, 0) is 4.79 Å². The van der Waals surface area contributed by atoms with Gasteiger partial charge in [-0.1, -0.05) is 18.9 Å². The van der Waals surface area contributed by atoms with Gasteiger partial charge in [0.2, 0.25) is 5.91 Å². The predicted octanol–water partition coefficient (Wildman–Crippen LogP) is 2.39. The van der Waals surface area contributed by atoms with Gasteiger partial charge < -0.3 is 11.1 Å². The van der Waals surface area contributed by atoms with E-state index in [1.807, 2.05) is 25.1 Å². The summed E-state index contributed by atoms with van der Waals surface area (Å²) in [7, 11) is 0. The second-order valence-electron chi connectivity index (χ2n) is 5.31. The van der Waals surface area contributed by atoms with Crippen molar-refractivity contribution in [2.24, 2.45) is 0 Å². The van der Waals surface area contributed by atoms with Crippen LogP contribution in [0.3, 0.4) is 0 Å². The molecule has 104 valence electrons. The molecule has 0 unspecified atom stereocenters. The summed E-state index contributed by atoms with van der Waals surface area (Å²) < 4.78 is 0. The zero-order chi connectivity index (χ0) is 13.7. The number of hydrogen-bond donors (Lipinski definition) is 2. The Morgan fingerprint density at radius 3 is 2.58 bits per heavy atom. The molecule has 1 aliphatic heterocycles. The van der Waals surface area contributed by atoms with Crippen LogP contribution in [0.15, 0.2) is 18.2 Å². The van der Waals surface area contributed by atoms with Crippen molar-refractivity contribution >= 4 is 17.3 Å². The molecule has 4 heteroatoms. The van der Waals surface area contributed by atoms with E-state index in [0.717, 1.165) is 24.3 Å². The Kier molecular flexibility index (Phi) is 4.80. The fourth-order valence-electron chi connectivity index (χ4n) is 2.42. The molecule has 1 saturated heterocycles. The number of carbonyl (C=O) groups excluding carboxylic acids is 1. The molecule has 1 fully saturated rings. The molecule has 0 bridgehead atoms. The molecule has 0 spiro atoms. The third kappa shape index (κ3) is 4.24. The fraction of sp³-hybridized carbons (Fsp3) is 0.533. The molecule has 1 aliphatic rings. The summed E-state index contributed by atoms with van der Waals surface area (Å²) in [6.07, 6.45) is 4.97. The largest absolute Gasteiger partial charge is 0.398 e. The number of anilines is 2. The summed E-state index contributed by atoms with van der Waals surface area (Å²) in [6, 6.07) is 5.64. The van der Waals surface area contributed by atoms with E-state index in [0.29, 0.717) is 12.2 Å². The molecule has 3 N–H and O–H groups in total. The lowest BCUT2D eigenvalue weighted by Crippen LogP contribution is -2.33. The lowest BCUT2D eigenvalue weighted by molar-refractivity contribution is -0.117. The quantitative estimate of drug-likeness (QED) is 0.821. The molecule has 0 atom stereocenters. The number of carbonyl (C=O) groups is 1. The monoisotopic (exact) mass is 261 g/mol. The maximum absolute atomic E-state index is 12.0. The van der Waals surface area contributed by atoms with Crippen molar-refractivity contribution < 1.29 is 4.79 Å². The highest BCUT2D eigenvalue weighted by Gasteiger charge is 2.13. The molecular weight excluding hydrogens is 238 g/mol. The van der Waals surface area contributed by atoms with E-state index < -0.39 is 0 Å². The van der Waals surface area contributed by atoms with Gasteiger partial charge in [0, 0.05) is 11.4 Å². The van der Waals surface area contributed by atoms with E-state index in [-0.39, 0.29) is 5.91 Å². The van der Waals surface area contributed by atoms with E-state index >= 15 is 0 Å². The first-order valence-corrected chi connectivity index (χ1v) is 7.03. The highest BCUT2D eigenvalue weighted by Crippen LogP contribution is 2.17. The normalized spacial score (nSPS) is 16.9. The topological polar surface area (TPSA) is 58.4 Å². The molecule has 0 aromatic heterocycles. The number of nitrogen functional groups attached to an aromatic ring is 1. The third-order valence-electron chi connectivity index (χ3n) is 3.63. The average Bonchev–Trinajstić information content (AvgIpc) is 2.62. The molecule has 0 radical (unpaired) electrons. The molecule has 1 aromatic rings. The van der Waals surface area contributed by atoms with Gasteiger partial charge in [0.05, 0.1) is 6.54 Å². The van der Waals surface area contributed by atoms with E-state index in [9.17, 15) is 4.79 Å². The Morgan fingerprint density at radius 1 is 1.26 bits per heavy atom. The molecule has 0 aliphatic carbocycles. The van der Waals surface area contributed by atoms with Gasteiger partial charge >= 0.3 is 0 Å². The number of benzene rings is 1. The van der Waals surface area contributed by atoms with E-state index in [2.05, 4.69) is 10.2 Å². The molecule has 1 aromatic carbocycles. The number of nitrogens with two attached hydrogens (primary N) is 1. The van der Waals surface area contributed by atoms with Crippen LogP contribution in [0.2, 0.25) is 0 Å². The van der Waals surface area contributed by atoms with Crippen molar-refractivity contribution in [3.63, 3.8) is 0 Å². The van der Waals surface area contributed by atoms with Crippen molar-refractivity contribution in [3.05, 3.63) is 23.8 Å². The second kappa shape index (κ2) is 6.57. The van der Waals surface area contributed by atoms with Crippen LogP contribution in [0, 0.1) is 6.92 Å². The van der Waals surface area contributed by atoms with E-state index in [1.54, 1.807) is 0 Å². The Balaban J connectivity index is 1.87. The summed E-state index contributed by atoms with van der Waals surface area (Å²) in [5, 5.41) is 2.92.